The summed E-state index contributed by atoms with van der Waals surface area (Å²) in [6.07, 6.45) is 2.15. The number of carbonyl (C=O) groups is 1. The normalized spacial score (nSPS) is 19.5. The Morgan fingerprint density at radius 1 is 1.56 bits per heavy atom. The molecule has 1 unspecified atom stereocenters. The molecule has 2 rings (SSSR count). The minimum absolute atomic E-state index is 0.162. The topological polar surface area (TPSA) is 64.4 Å². The molecule has 98 valence electrons. The second-order valence-electron chi connectivity index (χ2n) is 4.53. The lowest BCUT2D eigenvalue weighted by Gasteiger charge is -2.22. The Morgan fingerprint density at radius 2 is 2.39 bits per heavy atom. The van der Waals surface area contributed by atoms with E-state index in [2.05, 4.69) is 5.32 Å². The average Bonchev–Trinajstić information content (AvgIpc) is 2.37. The van der Waals surface area contributed by atoms with Gasteiger partial charge in [0, 0.05) is 18.8 Å². The molecule has 1 aromatic rings. The van der Waals surface area contributed by atoms with Crippen LogP contribution in [-0.4, -0.2) is 25.7 Å². The molecule has 1 amide bonds. The molecule has 0 saturated carbocycles. The van der Waals surface area contributed by atoms with Gasteiger partial charge in [0.05, 0.1) is 17.2 Å². The molecular weight excluding hydrogens is 252 g/mol. The summed E-state index contributed by atoms with van der Waals surface area (Å²) >= 11 is 5.98. The van der Waals surface area contributed by atoms with Gasteiger partial charge in [-0.3, -0.25) is 4.79 Å². The highest BCUT2D eigenvalue weighted by Gasteiger charge is 2.16. The first kappa shape index (κ1) is 13.2. The van der Waals surface area contributed by atoms with E-state index in [9.17, 15) is 4.79 Å². The second-order valence-corrected chi connectivity index (χ2v) is 4.94. The molecule has 18 heavy (non-hydrogen) atoms. The molecule has 0 aliphatic carbocycles. The van der Waals surface area contributed by atoms with Crippen molar-refractivity contribution in [3.05, 3.63) is 28.8 Å². The fraction of sp³-hybridized carbons (Fsp3) is 0.462. The van der Waals surface area contributed by atoms with E-state index < -0.39 is 0 Å². The maximum atomic E-state index is 11.9. The molecule has 4 nitrogen and oxygen atoms in total. The first-order valence-electron chi connectivity index (χ1n) is 6.08. The van der Waals surface area contributed by atoms with Crippen molar-refractivity contribution in [2.75, 3.05) is 25.5 Å². The van der Waals surface area contributed by atoms with Gasteiger partial charge in [0.15, 0.2) is 0 Å². The van der Waals surface area contributed by atoms with Crippen LogP contribution in [0.4, 0.5) is 5.69 Å². The van der Waals surface area contributed by atoms with Crippen molar-refractivity contribution in [2.45, 2.75) is 12.8 Å². The highest BCUT2D eigenvalue weighted by atomic mass is 35.5. The molecule has 1 fully saturated rings. The quantitative estimate of drug-likeness (QED) is 0.825. The third-order valence-corrected chi connectivity index (χ3v) is 3.36. The van der Waals surface area contributed by atoms with E-state index in [0.29, 0.717) is 28.7 Å². The lowest BCUT2D eigenvalue weighted by molar-refractivity contribution is 0.0536. The third-order valence-electron chi connectivity index (χ3n) is 3.04. The molecular formula is C13H17ClN2O2. The molecule has 1 aliphatic heterocycles. The monoisotopic (exact) mass is 268 g/mol. The number of hydrogen-bond donors (Lipinski definition) is 2. The number of hydrogen-bond acceptors (Lipinski definition) is 3. The zero-order chi connectivity index (χ0) is 13.0. The zero-order valence-corrected chi connectivity index (χ0v) is 10.9. The Labute approximate surface area is 111 Å². The maximum Gasteiger partial charge on any atom is 0.252 e. The number of nitrogens with one attached hydrogen (secondary N) is 1. The minimum Gasteiger partial charge on any atom is -0.399 e. The predicted molar refractivity (Wildman–Crippen MR) is 71.7 cm³/mol. The molecule has 1 saturated heterocycles. The van der Waals surface area contributed by atoms with Gasteiger partial charge in [-0.05, 0) is 37.0 Å². The molecule has 1 heterocycles. The maximum absolute atomic E-state index is 11.9. The molecule has 0 spiro atoms. The van der Waals surface area contributed by atoms with Gasteiger partial charge >= 0.3 is 0 Å². The summed E-state index contributed by atoms with van der Waals surface area (Å²) in [7, 11) is 0. The summed E-state index contributed by atoms with van der Waals surface area (Å²) in [5.41, 5.74) is 6.60. The van der Waals surface area contributed by atoms with E-state index in [-0.39, 0.29) is 5.91 Å². The molecule has 5 heteroatoms. The Bertz CT molecular complexity index is 431. The Morgan fingerprint density at radius 3 is 3.06 bits per heavy atom. The van der Waals surface area contributed by atoms with Gasteiger partial charge in [0.1, 0.15) is 0 Å². The van der Waals surface area contributed by atoms with E-state index in [4.69, 9.17) is 22.1 Å². The van der Waals surface area contributed by atoms with E-state index in [0.717, 1.165) is 26.1 Å². The summed E-state index contributed by atoms with van der Waals surface area (Å²) in [6, 6.07) is 4.90. The van der Waals surface area contributed by atoms with Crippen LogP contribution in [0.15, 0.2) is 18.2 Å². The lowest BCUT2D eigenvalue weighted by Crippen LogP contribution is -2.33. The number of amides is 1. The van der Waals surface area contributed by atoms with E-state index in [1.165, 1.54) is 0 Å². The average molecular weight is 269 g/mol. The van der Waals surface area contributed by atoms with Crippen LogP contribution in [0.3, 0.4) is 0 Å². The molecule has 1 aromatic carbocycles. The van der Waals surface area contributed by atoms with Crippen LogP contribution in [-0.2, 0) is 4.74 Å². The van der Waals surface area contributed by atoms with E-state index >= 15 is 0 Å². The number of anilines is 1. The fourth-order valence-corrected chi connectivity index (χ4v) is 2.29. The van der Waals surface area contributed by atoms with Crippen molar-refractivity contribution in [2.24, 2.45) is 5.92 Å². The third kappa shape index (κ3) is 3.37. The van der Waals surface area contributed by atoms with Gasteiger partial charge in [-0.2, -0.15) is 0 Å². The number of rotatable bonds is 3. The van der Waals surface area contributed by atoms with Gasteiger partial charge in [0.2, 0.25) is 0 Å². The van der Waals surface area contributed by atoms with Crippen molar-refractivity contribution in [1.82, 2.24) is 5.32 Å². The molecule has 0 aromatic heterocycles. The summed E-state index contributed by atoms with van der Waals surface area (Å²) in [5.74, 6) is 0.237. The number of halogens is 1. The highest BCUT2D eigenvalue weighted by molar-refractivity contribution is 6.34. The first-order chi connectivity index (χ1) is 8.66. The molecule has 0 radical (unpaired) electrons. The predicted octanol–water partition coefficient (Wildman–Crippen LogP) is 2.08. The Kier molecular flexibility index (Phi) is 4.44. The van der Waals surface area contributed by atoms with Crippen molar-refractivity contribution < 1.29 is 9.53 Å². The smallest absolute Gasteiger partial charge is 0.252 e. The molecule has 1 aliphatic rings. The minimum atomic E-state index is -0.162. The standard InChI is InChI=1S/C13H17ClN2O2/c14-12-6-10(15)3-4-11(12)13(17)16-7-9-2-1-5-18-8-9/h3-4,6,9H,1-2,5,7-8,15H2,(H,16,17). The number of nitrogens with two attached hydrogens (primary N) is 1. The van der Waals surface area contributed by atoms with E-state index in [1.54, 1.807) is 18.2 Å². The molecule has 0 bridgehead atoms. The fourth-order valence-electron chi connectivity index (χ4n) is 2.02. The van der Waals surface area contributed by atoms with Crippen LogP contribution in [0, 0.1) is 5.92 Å². The number of benzene rings is 1. The highest BCUT2D eigenvalue weighted by Crippen LogP contribution is 2.19. The van der Waals surface area contributed by atoms with Gasteiger partial charge in [0.25, 0.3) is 5.91 Å². The summed E-state index contributed by atoms with van der Waals surface area (Å²) in [6.45, 7) is 2.17. The van der Waals surface area contributed by atoms with Crippen LogP contribution in [0.5, 0.6) is 0 Å². The first-order valence-corrected chi connectivity index (χ1v) is 6.45. The zero-order valence-electron chi connectivity index (χ0n) is 10.1. The van der Waals surface area contributed by atoms with Gasteiger partial charge in [-0.15, -0.1) is 0 Å². The number of ether oxygens (including phenoxy) is 1. The summed E-state index contributed by atoms with van der Waals surface area (Å²) < 4.78 is 5.37. The Hall–Kier alpha value is -1.26. The van der Waals surface area contributed by atoms with Crippen molar-refractivity contribution in [3.8, 4) is 0 Å². The van der Waals surface area contributed by atoms with Crippen molar-refractivity contribution in [3.63, 3.8) is 0 Å². The number of nitrogen functional groups attached to an aromatic ring is 1. The van der Waals surface area contributed by atoms with Crippen LogP contribution in [0.2, 0.25) is 5.02 Å². The van der Waals surface area contributed by atoms with Crippen LogP contribution in [0.1, 0.15) is 23.2 Å². The largest absolute Gasteiger partial charge is 0.399 e. The van der Waals surface area contributed by atoms with Gasteiger partial charge < -0.3 is 15.8 Å². The number of carbonyl (C=O) groups excluding carboxylic acids is 1. The van der Waals surface area contributed by atoms with Crippen LogP contribution in [0.25, 0.3) is 0 Å². The summed E-state index contributed by atoms with van der Waals surface area (Å²) in [4.78, 5) is 11.9. The van der Waals surface area contributed by atoms with Crippen molar-refractivity contribution in [1.29, 1.82) is 0 Å². The van der Waals surface area contributed by atoms with Crippen LogP contribution >= 0.6 is 11.6 Å². The van der Waals surface area contributed by atoms with E-state index in [1.807, 2.05) is 0 Å². The lowest BCUT2D eigenvalue weighted by atomic mass is 10.0. The Balaban J connectivity index is 1.90. The van der Waals surface area contributed by atoms with Crippen molar-refractivity contribution >= 4 is 23.2 Å². The molecule has 1 atom stereocenters. The molecule has 3 N–H and O–H groups in total. The second kappa shape index (κ2) is 6.07. The summed E-state index contributed by atoms with van der Waals surface area (Å²) in [5, 5.41) is 3.27. The van der Waals surface area contributed by atoms with Gasteiger partial charge in [-0.1, -0.05) is 11.6 Å². The SMILES string of the molecule is Nc1ccc(C(=O)NCC2CCCOC2)c(Cl)c1. The van der Waals surface area contributed by atoms with Gasteiger partial charge in [-0.25, -0.2) is 0 Å². The van der Waals surface area contributed by atoms with Crippen LogP contribution < -0.4 is 11.1 Å².